The molecule has 0 bridgehead atoms. The Balaban J connectivity index is 4.04. The first-order valence-electron chi connectivity index (χ1n) is 4.14. The molecule has 0 radical (unpaired) electrons. The Morgan fingerprint density at radius 3 is 2.50 bits per heavy atom. The minimum absolute atomic E-state index is 0.0357. The maximum absolute atomic E-state index is 11.2. The van der Waals surface area contributed by atoms with Crippen molar-refractivity contribution in [1.82, 2.24) is 0 Å². The summed E-state index contributed by atoms with van der Waals surface area (Å²) in [6.45, 7) is 3.50. The van der Waals surface area contributed by atoms with E-state index in [0.29, 0.717) is 6.42 Å². The van der Waals surface area contributed by atoms with E-state index in [9.17, 15) is 9.36 Å². The minimum Gasteiger partial charge on any atom is -0.295 e. The third kappa shape index (κ3) is 3.93. The van der Waals surface area contributed by atoms with Crippen LogP contribution in [0.4, 0.5) is 0 Å². The number of Topliss-reactive ketones (excluding diaryl/α,β-unsaturated/α-hetero) is 1. The summed E-state index contributed by atoms with van der Waals surface area (Å²) < 4.78 is 15.8. The molecule has 0 aliphatic rings. The molecule has 0 aliphatic heterocycles. The Hall–Kier alpha value is -0.270. The van der Waals surface area contributed by atoms with Gasteiger partial charge in [0.25, 0.3) is 0 Å². The Kier molecular flexibility index (Phi) is 6.13. The highest BCUT2D eigenvalue weighted by Gasteiger charge is 2.34. The Bertz CT molecular complexity index is 168. The van der Waals surface area contributed by atoms with Gasteiger partial charge in [0.05, 0.1) is 7.11 Å². The lowest BCUT2D eigenvalue weighted by molar-refractivity contribution is -0.116. The van der Waals surface area contributed by atoms with Crippen molar-refractivity contribution in [2.45, 2.75) is 38.8 Å². The molecule has 0 rings (SSSR count). The second-order valence-electron chi connectivity index (χ2n) is 2.74. The first kappa shape index (κ1) is 11.7. The molecule has 0 aromatic rings. The van der Waals surface area contributed by atoms with Crippen molar-refractivity contribution >= 4 is 13.8 Å². The molecule has 0 amide bonds. The molecule has 0 saturated heterocycles. The molecule has 0 aromatic carbocycles. The van der Waals surface area contributed by atoms with Gasteiger partial charge in [-0.2, -0.15) is 0 Å². The summed E-state index contributed by atoms with van der Waals surface area (Å²) >= 11 is 0. The molecule has 3 nitrogen and oxygen atoms in total. The van der Waals surface area contributed by atoms with Crippen molar-refractivity contribution in [1.29, 1.82) is 0 Å². The number of unbranched alkanes of at least 4 members (excludes halogenated alkanes) is 1. The van der Waals surface area contributed by atoms with Gasteiger partial charge in [0.1, 0.15) is 0 Å². The van der Waals surface area contributed by atoms with Gasteiger partial charge in [-0.15, -0.1) is 4.52 Å². The SMILES string of the molecule is CCCCC(C(C)=O)[P+](=O)OC. The normalized spacial score (nSPS) is 14.1. The van der Waals surface area contributed by atoms with E-state index >= 15 is 0 Å². The highest BCUT2D eigenvalue weighted by Crippen LogP contribution is 2.32. The highest BCUT2D eigenvalue weighted by molar-refractivity contribution is 7.41. The molecule has 4 heteroatoms. The van der Waals surface area contributed by atoms with Gasteiger partial charge in [-0.1, -0.05) is 13.3 Å². The Morgan fingerprint density at radius 1 is 1.58 bits per heavy atom. The van der Waals surface area contributed by atoms with Gasteiger partial charge in [0.2, 0.25) is 5.66 Å². The van der Waals surface area contributed by atoms with E-state index in [4.69, 9.17) is 0 Å². The van der Waals surface area contributed by atoms with Crippen LogP contribution in [0.5, 0.6) is 0 Å². The molecule has 0 N–H and O–H groups in total. The van der Waals surface area contributed by atoms with Crippen LogP contribution in [0.2, 0.25) is 0 Å². The van der Waals surface area contributed by atoms with Crippen molar-refractivity contribution in [3.05, 3.63) is 0 Å². The van der Waals surface area contributed by atoms with Gasteiger partial charge in [-0.05, 0) is 17.9 Å². The largest absolute Gasteiger partial charge is 0.519 e. The molecule has 0 fully saturated rings. The topological polar surface area (TPSA) is 43.4 Å². The average molecular weight is 191 g/mol. The molecular formula is C8H16O3P+. The van der Waals surface area contributed by atoms with E-state index in [1.54, 1.807) is 0 Å². The molecule has 0 spiro atoms. The number of rotatable bonds is 6. The van der Waals surface area contributed by atoms with Crippen LogP contribution in [0, 0.1) is 0 Å². The monoisotopic (exact) mass is 191 g/mol. The zero-order valence-electron chi connectivity index (χ0n) is 7.87. The van der Waals surface area contributed by atoms with Crippen LogP contribution in [0.25, 0.3) is 0 Å². The van der Waals surface area contributed by atoms with Gasteiger partial charge < -0.3 is 0 Å². The Labute approximate surface area is 74.4 Å². The van der Waals surface area contributed by atoms with Crippen molar-refractivity contribution in [3.63, 3.8) is 0 Å². The first-order valence-corrected chi connectivity index (χ1v) is 5.39. The number of hydrogen-bond acceptors (Lipinski definition) is 3. The summed E-state index contributed by atoms with van der Waals surface area (Å²) in [4.78, 5) is 11.0. The van der Waals surface area contributed by atoms with E-state index in [0.717, 1.165) is 12.8 Å². The molecule has 0 aliphatic carbocycles. The summed E-state index contributed by atoms with van der Waals surface area (Å²) in [5.74, 6) is -0.0357. The average Bonchev–Trinajstić information content (AvgIpc) is 2.04. The molecule has 70 valence electrons. The summed E-state index contributed by atoms with van der Waals surface area (Å²) in [7, 11) is -0.417. The lowest BCUT2D eigenvalue weighted by Crippen LogP contribution is -2.13. The van der Waals surface area contributed by atoms with Gasteiger partial charge >= 0.3 is 8.03 Å². The molecule has 0 saturated carbocycles. The van der Waals surface area contributed by atoms with Gasteiger partial charge in [-0.25, -0.2) is 0 Å². The van der Waals surface area contributed by atoms with Crippen molar-refractivity contribution in [2.75, 3.05) is 7.11 Å². The lowest BCUT2D eigenvalue weighted by Gasteiger charge is -1.99. The lowest BCUT2D eigenvalue weighted by atomic mass is 10.1. The second kappa shape index (κ2) is 6.27. The van der Waals surface area contributed by atoms with Gasteiger partial charge in [0, 0.05) is 6.42 Å². The number of carbonyl (C=O) groups is 1. The molecule has 2 unspecified atom stereocenters. The third-order valence-corrected chi connectivity index (χ3v) is 3.23. The number of ketones is 1. The maximum Gasteiger partial charge on any atom is 0.519 e. The molecule has 0 aromatic heterocycles. The zero-order valence-corrected chi connectivity index (χ0v) is 8.77. The molecule has 12 heavy (non-hydrogen) atoms. The molecular weight excluding hydrogens is 175 g/mol. The van der Waals surface area contributed by atoms with Crippen LogP contribution < -0.4 is 0 Å². The van der Waals surface area contributed by atoms with Gasteiger partial charge in [0.15, 0.2) is 5.78 Å². The van der Waals surface area contributed by atoms with Crippen molar-refractivity contribution in [3.8, 4) is 0 Å². The van der Waals surface area contributed by atoms with E-state index in [2.05, 4.69) is 4.52 Å². The summed E-state index contributed by atoms with van der Waals surface area (Å²) in [6, 6.07) is 0. The third-order valence-electron chi connectivity index (χ3n) is 1.73. The number of hydrogen-bond donors (Lipinski definition) is 0. The van der Waals surface area contributed by atoms with E-state index < -0.39 is 13.7 Å². The van der Waals surface area contributed by atoms with Crippen LogP contribution in [0.15, 0.2) is 0 Å². The predicted molar refractivity (Wildman–Crippen MR) is 48.6 cm³/mol. The van der Waals surface area contributed by atoms with Crippen LogP contribution in [0.3, 0.4) is 0 Å². The molecule has 0 heterocycles. The fourth-order valence-corrected chi connectivity index (χ4v) is 1.93. The van der Waals surface area contributed by atoms with E-state index in [-0.39, 0.29) is 5.78 Å². The summed E-state index contributed by atoms with van der Waals surface area (Å²) in [5, 5.41) is 0. The minimum atomic E-state index is -1.79. The Morgan fingerprint density at radius 2 is 2.17 bits per heavy atom. The first-order chi connectivity index (χ1) is 5.63. The fourth-order valence-electron chi connectivity index (χ4n) is 0.982. The second-order valence-corrected chi connectivity index (χ2v) is 4.30. The van der Waals surface area contributed by atoms with Crippen molar-refractivity contribution in [2.24, 2.45) is 0 Å². The molecule has 2 atom stereocenters. The quantitative estimate of drug-likeness (QED) is 0.606. The van der Waals surface area contributed by atoms with Gasteiger partial charge in [-0.3, -0.25) is 4.79 Å². The summed E-state index contributed by atoms with van der Waals surface area (Å²) in [5.41, 5.74) is -0.398. The smallest absolute Gasteiger partial charge is 0.295 e. The fraction of sp³-hybridized carbons (Fsp3) is 0.875. The highest BCUT2D eigenvalue weighted by atomic mass is 31.1. The van der Waals surface area contributed by atoms with Crippen molar-refractivity contribution < 1.29 is 13.9 Å². The predicted octanol–water partition coefficient (Wildman–Crippen LogP) is 2.52. The van der Waals surface area contributed by atoms with E-state index in [1.807, 2.05) is 6.92 Å². The van der Waals surface area contributed by atoms with Crippen LogP contribution in [-0.2, 0) is 13.9 Å². The summed E-state index contributed by atoms with van der Waals surface area (Å²) in [6.07, 6.45) is 2.61. The van der Waals surface area contributed by atoms with Crippen LogP contribution in [0.1, 0.15) is 33.1 Å². The van der Waals surface area contributed by atoms with E-state index in [1.165, 1.54) is 14.0 Å². The number of carbonyl (C=O) groups excluding carboxylic acids is 1. The standard InChI is InChI=1S/C8H16O3P/c1-4-5-6-8(7(2)9)12(10)11-3/h8H,4-6H2,1-3H3/q+1. The van der Waals surface area contributed by atoms with Crippen LogP contribution >= 0.6 is 8.03 Å². The van der Waals surface area contributed by atoms with Crippen LogP contribution in [-0.4, -0.2) is 18.6 Å². The zero-order chi connectivity index (χ0) is 9.56. The maximum atomic E-state index is 11.2.